The van der Waals surface area contributed by atoms with Crippen molar-refractivity contribution in [2.75, 3.05) is 19.7 Å². The third-order valence-electron chi connectivity index (χ3n) is 4.06. The smallest absolute Gasteiger partial charge is 0.244 e. The van der Waals surface area contributed by atoms with Gasteiger partial charge < -0.3 is 4.74 Å². The average molecular weight is 184 g/mol. The molecule has 0 aromatic rings. The molecule has 0 N–H and O–H groups in total. The number of fused-ring (bicyclic) bond motifs is 1. The number of hydrogen-bond acceptors (Lipinski definition) is 1. The minimum Gasteiger partial charge on any atom is -0.319 e. The van der Waals surface area contributed by atoms with Gasteiger partial charge in [-0.05, 0) is 25.7 Å². The van der Waals surface area contributed by atoms with Crippen LogP contribution in [0, 0.1) is 0 Å². The second-order valence-electron chi connectivity index (χ2n) is 4.63. The van der Waals surface area contributed by atoms with Crippen molar-refractivity contribution in [2.24, 2.45) is 0 Å². The Hall–Kier alpha value is -0.0800. The summed E-state index contributed by atoms with van der Waals surface area (Å²) < 4.78 is 7.02. The Morgan fingerprint density at radius 2 is 1.85 bits per heavy atom. The van der Waals surface area contributed by atoms with Crippen molar-refractivity contribution in [3.63, 3.8) is 0 Å². The van der Waals surface area contributed by atoms with Gasteiger partial charge in [-0.15, -0.1) is 0 Å². The van der Waals surface area contributed by atoms with Gasteiger partial charge in [0.1, 0.15) is 13.2 Å². The maximum Gasteiger partial charge on any atom is 0.244 e. The van der Waals surface area contributed by atoms with Crippen LogP contribution in [0.4, 0.5) is 0 Å². The van der Waals surface area contributed by atoms with Gasteiger partial charge in [-0.2, -0.15) is 0 Å². The molecule has 0 amide bonds. The van der Waals surface area contributed by atoms with Crippen molar-refractivity contribution in [1.82, 2.24) is 0 Å². The molecule has 2 heteroatoms. The summed E-state index contributed by atoms with van der Waals surface area (Å²) in [5, 5.41) is 0. The lowest BCUT2D eigenvalue weighted by Crippen LogP contribution is -2.39. The van der Waals surface area contributed by atoms with Gasteiger partial charge in [-0.25, -0.2) is 0 Å². The van der Waals surface area contributed by atoms with Crippen LogP contribution in [-0.2, 0) is 4.74 Å². The van der Waals surface area contributed by atoms with Crippen molar-refractivity contribution < 1.29 is 9.22 Å². The second-order valence-corrected chi connectivity index (χ2v) is 4.63. The van der Waals surface area contributed by atoms with Gasteiger partial charge in [0.05, 0.1) is 6.04 Å². The molecule has 1 saturated carbocycles. The molecule has 3 aliphatic rings. The Morgan fingerprint density at radius 1 is 1.08 bits per heavy atom. The molecule has 0 radical (unpaired) electrons. The van der Waals surface area contributed by atoms with Crippen LogP contribution < -0.4 is 0 Å². The van der Waals surface area contributed by atoms with E-state index in [1.807, 2.05) is 0 Å². The van der Waals surface area contributed by atoms with E-state index in [1.165, 1.54) is 49.7 Å². The Bertz CT molecular complexity index is 189. The van der Waals surface area contributed by atoms with E-state index in [0.717, 1.165) is 12.6 Å². The molecule has 2 heterocycles. The summed E-state index contributed by atoms with van der Waals surface area (Å²) in [6.45, 7) is 3.68. The normalized spacial score (nSPS) is 43.8. The van der Waals surface area contributed by atoms with E-state index in [1.54, 1.807) is 0 Å². The molecule has 2 atom stereocenters. The Morgan fingerprint density at radius 3 is 2.38 bits per heavy atom. The Labute approximate surface area is 81.5 Å². The Kier molecular flexibility index (Phi) is 2.37. The molecule has 0 spiro atoms. The third kappa shape index (κ3) is 1.31. The van der Waals surface area contributed by atoms with Crippen molar-refractivity contribution in [1.29, 1.82) is 0 Å². The predicted octanol–water partition coefficient (Wildman–Crippen LogP) is 2.14. The predicted molar refractivity (Wildman–Crippen MR) is 53.3 cm³/mol. The van der Waals surface area contributed by atoms with E-state index in [9.17, 15) is 0 Å². The molecule has 76 valence electrons. The Balaban J connectivity index is 0.000000653. The lowest BCUT2D eigenvalue weighted by atomic mass is 9.94. The lowest BCUT2D eigenvalue weighted by Gasteiger charge is -2.29. The summed E-state index contributed by atoms with van der Waals surface area (Å²) in [4.78, 5) is 0. The zero-order chi connectivity index (χ0) is 8.02. The summed E-state index contributed by atoms with van der Waals surface area (Å²) in [6.07, 6.45) is 7.99. The summed E-state index contributed by atoms with van der Waals surface area (Å²) in [6, 6.07) is 0.978. The minimum atomic E-state index is 0. The zero-order valence-corrected chi connectivity index (χ0v) is 7.67. The van der Waals surface area contributed by atoms with Crippen LogP contribution >= 0.6 is 0 Å². The average Bonchev–Trinajstić information content (AvgIpc) is 2.72. The van der Waals surface area contributed by atoms with Crippen LogP contribution in [0.3, 0.4) is 0 Å². The van der Waals surface area contributed by atoms with Gasteiger partial charge in [-0.3, -0.25) is 4.48 Å². The van der Waals surface area contributed by atoms with E-state index in [4.69, 9.17) is 4.74 Å². The molecule has 3 rings (SSSR count). The molecular weight excluding hydrogens is 162 g/mol. The maximum absolute atomic E-state index is 5.66. The third-order valence-corrected chi connectivity index (χ3v) is 4.06. The largest absolute Gasteiger partial charge is 0.319 e. The summed E-state index contributed by atoms with van der Waals surface area (Å²) in [7, 11) is 0. The minimum absolute atomic E-state index is 0. The molecule has 0 bridgehead atoms. The number of morpholine rings is 1. The highest BCUT2D eigenvalue weighted by Gasteiger charge is 2.63. The van der Waals surface area contributed by atoms with Crippen molar-refractivity contribution >= 4 is 0 Å². The first-order chi connectivity index (χ1) is 5.92. The molecule has 2 saturated heterocycles. The molecule has 2 aliphatic heterocycles. The molecule has 1 aliphatic carbocycles. The van der Waals surface area contributed by atoms with Crippen molar-refractivity contribution in [3.05, 3.63) is 0 Å². The van der Waals surface area contributed by atoms with Crippen molar-refractivity contribution in [3.8, 4) is 0 Å². The highest BCUT2D eigenvalue weighted by atomic mass is 16.5. The standard InChI is InChI=1S/C10H18NO.CH4/c1-2-4-9(5-3-1)11-6-7-12-10(11)8-11;/h9-10H,1-8H2;1H4/q+1;. The zero-order valence-electron chi connectivity index (χ0n) is 7.67. The highest BCUT2D eigenvalue weighted by molar-refractivity contribution is 4.79. The summed E-state index contributed by atoms with van der Waals surface area (Å²) in [5.74, 6) is 0. The number of rotatable bonds is 1. The van der Waals surface area contributed by atoms with Crippen LogP contribution in [0.5, 0.6) is 0 Å². The lowest BCUT2D eigenvalue weighted by molar-refractivity contribution is -0.837. The summed E-state index contributed by atoms with van der Waals surface area (Å²) >= 11 is 0. The molecule has 2 unspecified atom stereocenters. The van der Waals surface area contributed by atoms with Crippen LogP contribution in [0.15, 0.2) is 0 Å². The van der Waals surface area contributed by atoms with Crippen LogP contribution in [0.25, 0.3) is 0 Å². The van der Waals surface area contributed by atoms with E-state index < -0.39 is 0 Å². The molecule has 3 fully saturated rings. The number of hydrogen-bond donors (Lipinski definition) is 0. The fourth-order valence-electron chi connectivity index (χ4n) is 3.20. The first-order valence-electron chi connectivity index (χ1n) is 5.40. The molecular formula is C11H22NO+. The van der Waals surface area contributed by atoms with Gasteiger partial charge >= 0.3 is 0 Å². The summed E-state index contributed by atoms with van der Waals surface area (Å²) in [5.41, 5.74) is 0. The van der Waals surface area contributed by atoms with E-state index in [0.29, 0.717) is 6.23 Å². The molecule has 2 nitrogen and oxygen atoms in total. The van der Waals surface area contributed by atoms with E-state index in [2.05, 4.69) is 0 Å². The van der Waals surface area contributed by atoms with Gasteiger partial charge in [0.25, 0.3) is 0 Å². The highest BCUT2D eigenvalue weighted by Crippen LogP contribution is 2.44. The molecule has 0 aromatic carbocycles. The van der Waals surface area contributed by atoms with E-state index in [-0.39, 0.29) is 7.43 Å². The van der Waals surface area contributed by atoms with Crippen molar-refractivity contribution in [2.45, 2.75) is 51.8 Å². The SMILES string of the molecule is C.C1CCC([N+]23CCOC2C3)CC1. The number of quaternary nitrogens is 1. The molecule has 0 aromatic heterocycles. The number of nitrogens with zero attached hydrogens (tertiary/aromatic N) is 1. The first kappa shape index (κ1) is 9.47. The molecule has 13 heavy (non-hydrogen) atoms. The van der Waals surface area contributed by atoms with Gasteiger partial charge in [0, 0.05) is 0 Å². The fourth-order valence-corrected chi connectivity index (χ4v) is 3.20. The first-order valence-corrected chi connectivity index (χ1v) is 5.40. The van der Waals surface area contributed by atoms with Gasteiger partial charge in [0.2, 0.25) is 6.23 Å². The fraction of sp³-hybridized carbons (Fsp3) is 1.00. The van der Waals surface area contributed by atoms with Gasteiger partial charge in [0.15, 0.2) is 6.54 Å². The van der Waals surface area contributed by atoms with Crippen LogP contribution in [0.2, 0.25) is 0 Å². The van der Waals surface area contributed by atoms with Crippen LogP contribution in [-0.4, -0.2) is 36.4 Å². The quantitative estimate of drug-likeness (QED) is 0.448. The maximum atomic E-state index is 5.66. The number of ether oxygens (including phenoxy) is 1. The second kappa shape index (κ2) is 3.25. The van der Waals surface area contributed by atoms with Crippen LogP contribution in [0.1, 0.15) is 39.5 Å². The van der Waals surface area contributed by atoms with E-state index >= 15 is 0 Å². The van der Waals surface area contributed by atoms with Gasteiger partial charge in [-0.1, -0.05) is 13.8 Å². The topological polar surface area (TPSA) is 9.23 Å². The monoisotopic (exact) mass is 184 g/mol.